The van der Waals surface area contributed by atoms with Crippen molar-refractivity contribution in [3.63, 3.8) is 0 Å². The topological polar surface area (TPSA) is 58.6 Å². The fourth-order valence-electron chi connectivity index (χ4n) is 10.6. The number of rotatable bonds is 4. The minimum Gasteiger partial charge on any atom is -0.369 e. The lowest BCUT2D eigenvalue weighted by molar-refractivity contribution is -0.130. The molecule has 38 heavy (non-hydrogen) atoms. The van der Waals surface area contributed by atoms with E-state index in [2.05, 4.69) is 47.2 Å². The number of likely N-dealkylation sites (tertiary alicyclic amines) is 1. The molecule has 5 fully saturated rings. The summed E-state index contributed by atoms with van der Waals surface area (Å²) < 4.78 is 7.19. The largest absolute Gasteiger partial charge is 0.369 e. The predicted octanol–water partition coefficient (Wildman–Crippen LogP) is 5.38. The van der Waals surface area contributed by atoms with Gasteiger partial charge >= 0.3 is 0 Å². The van der Waals surface area contributed by atoms with Crippen LogP contribution in [-0.2, 0) is 14.3 Å². The van der Waals surface area contributed by atoms with Gasteiger partial charge in [-0.15, -0.1) is 9.24 Å². The van der Waals surface area contributed by atoms with E-state index in [4.69, 9.17) is 4.74 Å². The lowest BCUT2D eigenvalue weighted by Crippen LogP contribution is -2.54. The molecule has 2 saturated heterocycles. The zero-order chi connectivity index (χ0) is 26.8. The molecule has 6 heteroatoms. The maximum Gasteiger partial charge on any atom is 0.234 e. The quantitative estimate of drug-likeness (QED) is 0.383. The van der Waals surface area contributed by atoms with Gasteiger partial charge < -0.3 is 10.1 Å². The van der Waals surface area contributed by atoms with Crippen LogP contribution in [0.1, 0.15) is 91.9 Å². The van der Waals surface area contributed by atoms with E-state index >= 15 is 0 Å². The first-order valence-electron chi connectivity index (χ1n) is 15.7. The van der Waals surface area contributed by atoms with Gasteiger partial charge in [-0.05, 0) is 99.5 Å². The fraction of sp³-hybridized carbons (Fsp3) is 0.875. The number of ether oxygens (including phenoxy) is 1. The zero-order valence-electron chi connectivity index (χ0n) is 24.3. The predicted molar refractivity (Wildman–Crippen MR) is 155 cm³/mol. The van der Waals surface area contributed by atoms with Crippen LogP contribution in [-0.4, -0.2) is 60.1 Å². The number of hydrogen-bond acceptors (Lipinski definition) is 4. The van der Waals surface area contributed by atoms with Crippen LogP contribution in [0.5, 0.6) is 0 Å². The number of allylic oxidation sites excluding steroid dienone is 1. The van der Waals surface area contributed by atoms with Crippen molar-refractivity contribution in [3.05, 3.63) is 11.1 Å². The molecule has 0 aromatic heterocycles. The molecule has 5 nitrogen and oxygen atoms in total. The summed E-state index contributed by atoms with van der Waals surface area (Å²) in [7, 11) is 2.69. The van der Waals surface area contributed by atoms with Crippen molar-refractivity contribution in [2.24, 2.45) is 40.9 Å². The van der Waals surface area contributed by atoms with Crippen molar-refractivity contribution < 1.29 is 14.3 Å². The summed E-state index contributed by atoms with van der Waals surface area (Å²) >= 11 is 0. The number of Topliss-reactive ketones (excluding diaryl/α,β-unsaturated/α-hetero) is 1. The van der Waals surface area contributed by atoms with Gasteiger partial charge in [-0.25, -0.2) is 0 Å². The highest BCUT2D eigenvalue weighted by atomic mass is 31.0. The third kappa shape index (κ3) is 4.46. The minimum absolute atomic E-state index is 0.0938. The van der Waals surface area contributed by atoms with Crippen LogP contribution in [0, 0.1) is 40.9 Å². The minimum atomic E-state index is -0.0938. The van der Waals surface area contributed by atoms with Crippen LogP contribution in [0.3, 0.4) is 0 Å². The molecule has 0 aromatic rings. The van der Waals surface area contributed by atoms with Gasteiger partial charge in [0.25, 0.3) is 0 Å². The summed E-state index contributed by atoms with van der Waals surface area (Å²) in [5, 5.41) is 3.09. The molecule has 0 bridgehead atoms. The van der Waals surface area contributed by atoms with E-state index in [-0.39, 0.29) is 17.6 Å². The molecule has 6 aliphatic rings. The number of fused-ring (bicyclic) bond motifs is 6. The molecule has 2 heterocycles. The van der Waals surface area contributed by atoms with Crippen molar-refractivity contribution in [1.82, 2.24) is 10.2 Å². The Morgan fingerprint density at radius 2 is 2.00 bits per heavy atom. The molecular weight excluding hydrogens is 491 g/mol. The standard InChI is InChI=1S/C32H51N2O3P/c1-19-13-28-30(34(17-19)18-29(36)33-11-12-38)21(3)32(37-28)10-8-24-25-6-5-22-14-23(35)7-9-31(22,4)27(25)15-26(24)20(2)16-32/h19,21-22,24-25,27-28,30H,5-18,38H2,1-4H3,(H,33,36)/t19-,21+,22+,24-,25-,27-,28+,30-,31-,32-/m0/s1. The summed E-state index contributed by atoms with van der Waals surface area (Å²) in [6, 6.07) is 0.338. The second-order valence-electron chi connectivity index (χ2n) is 14.5. The van der Waals surface area contributed by atoms with Gasteiger partial charge in [-0.2, -0.15) is 0 Å². The Kier molecular flexibility index (Phi) is 7.39. The van der Waals surface area contributed by atoms with Crippen molar-refractivity contribution >= 4 is 20.9 Å². The molecule has 0 aromatic carbocycles. The first-order chi connectivity index (χ1) is 18.1. The Morgan fingerprint density at radius 3 is 2.79 bits per heavy atom. The van der Waals surface area contributed by atoms with E-state index in [0.717, 1.165) is 69.6 Å². The zero-order valence-corrected chi connectivity index (χ0v) is 25.4. The van der Waals surface area contributed by atoms with Gasteiger partial charge in [0.1, 0.15) is 5.78 Å². The highest BCUT2D eigenvalue weighted by Crippen LogP contribution is 2.65. The monoisotopic (exact) mass is 542 g/mol. The van der Waals surface area contributed by atoms with Crippen LogP contribution < -0.4 is 5.32 Å². The van der Waals surface area contributed by atoms with Crippen molar-refractivity contribution in [2.75, 3.05) is 25.8 Å². The number of carbonyl (C=O) groups is 2. The molecule has 3 saturated carbocycles. The van der Waals surface area contributed by atoms with Gasteiger partial charge in [0.15, 0.2) is 0 Å². The molecule has 6 rings (SSSR count). The van der Waals surface area contributed by atoms with E-state index in [1.54, 1.807) is 11.1 Å². The SMILES string of the molecule is CC1=C2C[C@H]3[C@@H](CC[C@@H]4CC(=O)CC[C@@]43C)[C@@H]2CC[C@@]2(C1)O[C@@H]1C[C@H](C)CN(CC(=O)NCCP)[C@H]1[C@H]2C. The highest BCUT2D eigenvalue weighted by molar-refractivity contribution is 7.16. The third-order valence-corrected chi connectivity index (χ3v) is 12.8. The van der Waals surface area contributed by atoms with Crippen LogP contribution in [0.25, 0.3) is 0 Å². The summed E-state index contributed by atoms with van der Waals surface area (Å²) in [6.45, 7) is 11.9. The number of ketones is 1. The molecule has 2 aliphatic heterocycles. The Morgan fingerprint density at radius 1 is 1.18 bits per heavy atom. The molecule has 1 spiro atoms. The molecule has 212 valence electrons. The summed E-state index contributed by atoms with van der Waals surface area (Å²) in [6.07, 6.45) is 12.3. The van der Waals surface area contributed by atoms with Gasteiger partial charge in [0, 0.05) is 37.9 Å². The van der Waals surface area contributed by atoms with Crippen molar-refractivity contribution in [1.29, 1.82) is 0 Å². The lowest BCUT2D eigenvalue weighted by atomic mass is 9.52. The molecule has 0 radical (unpaired) electrons. The molecule has 1 amide bonds. The number of piperidine rings is 1. The smallest absolute Gasteiger partial charge is 0.234 e. The van der Waals surface area contributed by atoms with Crippen LogP contribution in [0.2, 0.25) is 0 Å². The molecule has 1 unspecified atom stereocenters. The van der Waals surface area contributed by atoms with E-state index in [1.165, 1.54) is 25.7 Å². The highest BCUT2D eigenvalue weighted by Gasteiger charge is 2.60. The second kappa shape index (κ2) is 10.3. The normalized spacial score (nSPS) is 46.8. The van der Waals surface area contributed by atoms with E-state index in [1.807, 2.05) is 0 Å². The van der Waals surface area contributed by atoms with E-state index in [9.17, 15) is 9.59 Å². The van der Waals surface area contributed by atoms with Crippen LogP contribution >= 0.6 is 9.24 Å². The molecular formula is C32H51N2O3P. The third-order valence-electron chi connectivity index (χ3n) is 12.5. The number of hydrogen-bond donors (Lipinski definition) is 1. The first-order valence-corrected chi connectivity index (χ1v) is 16.6. The Hall–Kier alpha value is -0.770. The Bertz CT molecular complexity index is 997. The summed E-state index contributed by atoms with van der Waals surface area (Å²) in [4.78, 5) is 27.5. The fourth-order valence-corrected chi connectivity index (χ4v) is 10.8. The number of amides is 1. The number of carbonyl (C=O) groups excluding carboxylic acids is 2. The first kappa shape index (κ1) is 27.4. The summed E-state index contributed by atoms with van der Waals surface area (Å²) in [5.41, 5.74) is 3.64. The Balaban J connectivity index is 1.23. The van der Waals surface area contributed by atoms with Crippen molar-refractivity contribution in [3.8, 4) is 0 Å². The average Bonchev–Trinajstić information content (AvgIpc) is 3.33. The molecule has 11 atom stereocenters. The second-order valence-corrected chi connectivity index (χ2v) is 15.1. The van der Waals surface area contributed by atoms with E-state index in [0.29, 0.717) is 47.5 Å². The van der Waals surface area contributed by atoms with Crippen LogP contribution in [0.15, 0.2) is 11.1 Å². The Labute approximate surface area is 232 Å². The maximum absolute atomic E-state index is 12.7. The number of nitrogens with one attached hydrogen (secondary N) is 1. The van der Waals surface area contributed by atoms with Gasteiger partial charge in [0.2, 0.25) is 5.91 Å². The van der Waals surface area contributed by atoms with Crippen molar-refractivity contribution in [2.45, 2.75) is 110 Å². The maximum atomic E-state index is 12.7. The lowest BCUT2D eigenvalue weighted by Gasteiger charge is -2.52. The van der Waals surface area contributed by atoms with Gasteiger partial charge in [-0.3, -0.25) is 14.5 Å². The van der Waals surface area contributed by atoms with E-state index < -0.39 is 0 Å². The molecule has 1 N–H and O–H groups in total. The van der Waals surface area contributed by atoms with Crippen LogP contribution in [0.4, 0.5) is 0 Å². The summed E-state index contributed by atoms with van der Waals surface area (Å²) in [5.74, 6) is 4.52. The van der Waals surface area contributed by atoms with Gasteiger partial charge in [-0.1, -0.05) is 31.9 Å². The van der Waals surface area contributed by atoms with Gasteiger partial charge in [0.05, 0.1) is 18.2 Å². The number of nitrogens with zero attached hydrogens (tertiary/aromatic N) is 1. The molecule has 4 aliphatic carbocycles. The average molecular weight is 543 g/mol.